The van der Waals surface area contributed by atoms with E-state index in [0.29, 0.717) is 0 Å². The predicted molar refractivity (Wildman–Crippen MR) is 62.9 cm³/mol. The molecule has 0 amide bonds. The van der Waals surface area contributed by atoms with Crippen LogP contribution in [0.1, 0.15) is 28.4 Å². The summed E-state index contributed by atoms with van der Waals surface area (Å²) in [5.41, 5.74) is 3.89. The van der Waals surface area contributed by atoms with Crippen LogP contribution in [0, 0.1) is 13.8 Å². The van der Waals surface area contributed by atoms with Crippen molar-refractivity contribution in [3.05, 3.63) is 34.1 Å². The zero-order chi connectivity index (χ0) is 10.4. The van der Waals surface area contributed by atoms with E-state index in [-0.39, 0.29) is 0 Å². The number of rotatable bonds is 1. The van der Waals surface area contributed by atoms with Crippen molar-refractivity contribution in [2.75, 3.05) is 0 Å². The first-order valence-electron chi connectivity index (χ1n) is 5.39. The smallest absolute Gasteiger partial charge is 0.194 e. The highest BCUT2D eigenvalue weighted by molar-refractivity contribution is 7.14. The van der Waals surface area contributed by atoms with Crippen molar-refractivity contribution in [1.82, 2.24) is 9.55 Å². The fourth-order valence-corrected chi connectivity index (χ4v) is 3.51. The Hall–Kier alpha value is -1.09. The molecule has 0 unspecified atom stereocenters. The van der Waals surface area contributed by atoms with E-state index in [1.807, 2.05) is 11.3 Å². The molecule has 0 fully saturated rings. The largest absolute Gasteiger partial charge is 0.295 e. The quantitative estimate of drug-likeness (QED) is 0.719. The predicted octanol–water partition coefficient (Wildman–Crippen LogP) is 3.04. The Kier molecular flexibility index (Phi) is 1.96. The van der Waals surface area contributed by atoms with Gasteiger partial charge in [-0.15, -0.1) is 11.3 Å². The summed E-state index contributed by atoms with van der Waals surface area (Å²) in [6.45, 7) is 4.28. The van der Waals surface area contributed by atoms with Gasteiger partial charge in [0.25, 0.3) is 0 Å². The minimum Gasteiger partial charge on any atom is -0.295 e. The Balaban J connectivity index is 2.13. The van der Waals surface area contributed by atoms with Gasteiger partial charge < -0.3 is 0 Å². The van der Waals surface area contributed by atoms with E-state index in [4.69, 9.17) is 4.98 Å². The van der Waals surface area contributed by atoms with Gasteiger partial charge in [0.05, 0.1) is 5.69 Å². The molecule has 0 spiro atoms. The summed E-state index contributed by atoms with van der Waals surface area (Å²) in [5.74, 6) is 0. The molecule has 0 bridgehead atoms. The SMILES string of the molecule is Cc1ccc(C)n1-c1nc2c(s1)CCC2. The molecular formula is C12H14N2S. The van der Waals surface area contributed by atoms with E-state index < -0.39 is 0 Å². The lowest BCUT2D eigenvalue weighted by Crippen LogP contribution is -1.98. The van der Waals surface area contributed by atoms with Gasteiger partial charge in [0.15, 0.2) is 5.13 Å². The van der Waals surface area contributed by atoms with Crippen molar-refractivity contribution >= 4 is 11.3 Å². The van der Waals surface area contributed by atoms with E-state index >= 15 is 0 Å². The Morgan fingerprint density at radius 1 is 1.20 bits per heavy atom. The third kappa shape index (κ3) is 1.34. The fourth-order valence-electron chi connectivity index (χ4n) is 2.24. The average molecular weight is 218 g/mol. The maximum absolute atomic E-state index is 4.74. The first kappa shape index (κ1) is 9.16. The van der Waals surface area contributed by atoms with E-state index in [9.17, 15) is 0 Å². The van der Waals surface area contributed by atoms with E-state index in [2.05, 4.69) is 30.5 Å². The van der Waals surface area contributed by atoms with Crippen LogP contribution in [0.25, 0.3) is 5.13 Å². The summed E-state index contributed by atoms with van der Waals surface area (Å²) in [6.07, 6.45) is 3.69. The minimum absolute atomic E-state index is 1.15. The first-order chi connectivity index (χ1) is 7.25. The second-order valence-corrected chi connectivity index (χ2v) is 5.23. The summed E-state index contributed by atoms with van der Waals surface area (Å²) in [7, 11) is 0. The second-order valence-electron chi connectivity index (χ2n) is 4.17. The van der Waals surface area contributed by atoms with Crippen LogP contribution in [-0.4, -0.2) is 9.55 Å². The average Bonchev–Trinajstić information content (AvgIpc) is 2.80. The summed E-state index contributed by atoms with van der Waals surface area (Å²) in [6, 6.07) is 4.31. The lowest BCUT2D eigenvalue weighted by molar-refractivity contribution is 0.882. The zero-order valence-electron chi connectivity index (χ0n) is 9.08. The molecule has 1 aliphatic carbocycles. The molecule has 2 nitrogen and oxygen atoms in total. The van der Waals surface area contributed by atoms with Crippen molar-refractivity contribution in [2.45, 2.75) is 33.1 Å². The number of aryl methyl sites for hydroxylation is 4. The Morgan fingerprint density at radius 2 is 1.93 bits per heavy atom. The summed E-state index contributed by atoms with van der Waals surface area (Å²) < 4.78 is 2.25. The molecule has 15 heavy (non-hydrogen) atoms. The van der Waals surface area contributed by atoms with Crippen molar-refractivity contribution < 1.29 is 0 Å². The Morgan fingerprint density at radius 3 is 2.60 bits per heavy atom. The van der Waals surface area contributed by atoms with E-state index in [0.717, 1.165) is 5.13 Å². The highest BCUT2D eigenvalue weighted by Crippen LogP contribution is 2.30. The maximum Gasteiger partial charge on any atom is 0.194 e. The number of nitrogens with zero attached hydrogens (tertiary/aromatic N) is 2. The molecule has 3 rings (SSSR count). The first-order valence-corrected chi connectivity index (χ1v) is 6.21. The number of aromatic nitrogens is 2. The second kappa shape index (κ2) is 3.20. The van der Waals surface area contributed by atoms with Crippen LogP contribution in [0.4, 0.5) is 0 Å². The summed E-state index contributed by atoms with van der Waals surface area (Å²) >= 11 is 1.86. The Bertz CT molecular complexity index is 467. The summed E-state index contributed by atoms with van der Waals surface area (Å²) in [5, 5.41) is 1.15. The molecule has 0 N–H and O–H groups in total. The van der Waals surface area contributed by atoms with Gasteiger partial charge in [-0.2, -0.15) is 0 Å². The van der Waals surface area contributed by atoms with Gasteiger partial charge in [-0.3, -0.25) is 4.57 Å². The third-order valence-electron chi connectivity index (χ3n) is 3.05. The van der Waals surface area contributed by atoms with Crippen LogP contribution >= 0.6 is 11.3 Å². The topological polar surface area (TPSA) is 17.8 Å². The number of thiazole rings is 1. The molecular weight excluding hydrogens is 204 g/mol. The van der Waals surface area contributed by atoms with Gasteiger partial charge in [-0.25, -0.2) is 4.98 Å². The van der Waals surface area contributed by atoms with Crippen LogP contribution in [-0.2, 0) is 12.8 Å². The molecule has 0 saturated heterocycles. The molecule has 2 heterocycles. The number of hydrogen-bond acceptors (Lipinski definition) is 2. The van der Waals surface area contributed by atoms with Gasteiger partial charge in [0.2, 0.25) is 0 Å². The normalized spacial score (nSPS) is 14.5. The lowest BCUT2D eigenvalue weighted by atomic mass is 10.4. The van der Waals surface area contributed by atoms with Crippen molar-refractivity contribution in [1.29, 1.82) is 0 Å². The number of fused-ring (bicyclic) bond motifs is 1. The fraction of sp³-hybridized carbons (Fsp3) is 0.417. The maximum atomic E-state index is 4.74. The molecule has 0 atom stereocenters. The monoisotopic (exact) mass is 218 g/mol. The zero-order valence-corrected chi connectivity index (χ0v) is 9.90. The molecule has 0 aromatic carbocycles. The lowest BCUT2D eigenvalue weighted by Gasteiger charge is -2.04. The molecule has 3 heteroatoms. The molecule has 0 radical (unpaired) electrons. The van der Waals surface area contributed by atoms with Crippen molar-refractivity contribution in [3.63, 3.8) is 0 Å². The van der Waals surface area contributed by atoms with Gasteiger partial charge in [-0.1, -0.05) is 0 Å². The van der Waals surface area contributed by atoms with Crippen LogP contribution in [0.2, 0.25) is 0 Å². The van der Waals surface area contributed by atoms with E-state index in [1.165, 1.54) is 41.2 Å². The summed E-state index contributed by atoms with van der Waals surface area (Å²) in [4.78, 5) is 6.23. The molecule has 0 saturated carbocycles. The van der Waals surface area contributed by atoms with Gasteiger partial charge in [0.1, 0.15) is 0 Å². The number of hydrogen-bond donors (Lipinski definition) is 0. The van der Waals surface area contributed by atoms with Crippen LogP contribution in [0.3, 0.4) is 0 Å². The van der Waals surface area contributed by atoms with Crippen molar-refractivity contribution in [2.24, 2.45) is 0 Å². The van der Waals surface area contributed by atoms with Gasteiger partial charge in [0, 0.05) is 16.3 Å². The standard InChI is InChI=1S/C12H14N2S/c1-8-6-7-9(2)14(8)12-13-10-4-3-5-11(10)15-12/h6-7H,3-5H2,1-2H3. The van der Waals surface area contributed by atoms with Crippen LogP contribution in [0.5, 0.6) is 0 Å². The van der Waals surface area contributed by atoms with E-state index in [1.54, 1.807) is 0 Å². The Labute approximate surface area is 93.6 Å². The minimum atomic E-state index is 1.15. The molecule has 0 aliphatic heterocycles. The van der Waals surface area contributed by atoms with Crippen LogP contribution < -0.4 is 0 Å². The molecule has 78 valence electrons. The van der Waals surface area contributed by atoms with Gasteiger partial charge >= 0.3 is 0 Å². The van der Waals surface area contributed by atoms with Gasteiger partial charge in [-0.05, 0) is 45.2 Å². The third-order valence-corrected chi connectivity index (χ3v) is 4.19. The van der Waals surface area contributed by atoms with Crippen molar-refractivity contribution in [3.8, 4) is 5.13 Å². The molecule has 2 aromatic rings. The van der Waals surface area contributed by atoms with Crippen LogP contribution in [0.15, 0.2) is 12.1 Å². The molecule has 1 aliphatic rings. The highest BCUT2D eigenvalue weighted by atomic mass is 32.1. The molecule has 2 aromatic heterocycles. The highest BCUT2D eigenvalue weighted by Gasteiger charge is 2.18.